The summed E-state index contributed by atoms with van der Waals surface area (Å²) in [6.45, 7) is 1.04. The van der Waals surface area contributed by atoms with Crippen LogP contribution in [0.15, 0.2) is 35.6 Å². The average Bonchev–Trinajstić information content (AvgIpc) is 3.18. The van der Waals surface area contributed by atoms with Crippen LogP contribution in [0.2, 0.25) is 0 Å². The van der Waals surface area contributed by atoms with Gasteiger partial charge in [0.15, 0.2) is 11.3 Å². The summed E-state index contributed by atoms with van der Waals surface area (Å²) >= 11 is 0. The second-order valence-electron chi connectivity index (χ2n) is 6.30. The van der Waals surface area contributed by atoms with Crippen LogP contribution in [-0.2, 0) is 12.7 Å². The zero-order valence-corrected chi connectivity index (χ0v) is 14.1. The molecule has 1 fully saturated rings. The third kappa shape index (κ3) is 3.27. The van der Waals surface area contributed by atoms with Crippen LogP contribution in [-0.4, -0.2) is 37.6 Å². The molecule has 7 nitrogen and oxygen atoms in total. The lowest BCUT2D eigenvalue weighted by molar-refractivity contribution is -0.142. The molecule has 10 heteroatoms. The first-order chi connectivity index (χ1) is 12.9. The van der Waals surface area contributed by atoms with Gasteiger partial charge >= 0.3 is 6.18 Å². The van der Waals surface area contributed by atoms with Gasteiger partial charge in [0, 0.05) is 42.8 Å². The van der Waals surface area contributed by atoms with Gasteiger partial charge in [-0.1, -0.05) is 0 Å². The quantitative estimate of drug-likeness (QED) is 0.749. The van der Waals surface area contributed by atoms with Crippen molar-refractivity contribution < 1.29 is 13.2 Å². The second-order valence-corrected chi connectivity index (χ2v) is 6.30. The first-order valence-corrected chi connectivity index (χ1v) is 8.37. The normalized spacial score (nSPS) is 17.5. The zero-order chi connectivity index (χ0) is 19.0. The molecule has 1 N–H and O–H groups in total. The Morgan fingerprint density at radius 3 is 2.59 bits per heavy atom. The summed E-state index contributed by atoms with van der Waals surface area (Å²) in [5, 5.41) is 3.19. The van der Waals surface area contributed by atoms with Crippen LogP contribution in [0.25, 0.3) is 11.2 Å². The summed E-state index contributed by atoms with van der Waals surface area (Å²) in [4.78, 5) is 28.7. The van der Waals surface area contributed by atoms with Gasteiger partial charge in [-0.25, -0.2) is 9.97 Å². The summed E-state index contributed by atoms with van der Waals surface area (Å²) in [5.74, 6) is -0.0147. The molecule has 0 spiro atoms. The number of fused-ring (bicyclic) bond motifs is 1. The summed E-state index contributed by atoms with van der Waals surface area (Å²) < 4.78 is 41.0. The van der Waals surface area contributed by atoms with Crippen molar-refractivity contribution in [3.8, 4) is 0 Å². The summed E-state index contributed by atoms with van der Waals surface area (Å²) in [5.41, 5.74) is -0.629. The number of pyridine rings is 1. The molecule has 0 saturated carbocycles. The number of halogens is 3. The Hall–Kier alpha value is -2.88. The van der Waals surface area contributed by atoms with E-state index in [0.717, 1.165) is 19.2 Å². The molecule has 4 rings (SSSR count). The Morgan fingerprint density at radius 2 is 1.85 bits per heavy atom. The van der Waals surface area contributed by atoms with Crippen LogP contribution >= 0.6 is 0 Å². The monoisotopic (exact) mass is 376 g/mol. The third-order valence-electron chi connectivity index (χ3n) is 4.60. The van der Waals surface area contributed by atoms with E-state index in [0.29, 0.717) is 17.6 Å². The molecule has 1 saturated heterocycles. The lowest BCUT2D eigenvalue weighted by atomic mass is 9.99. The SMILES string of the molecule is O=c1c(C2CCNC2)cc2nccnc2n1Cc1nccnc1C(F)(F)F. The van der Waals surface area contributed by atoms with Gasteiger partial charge in [-0.05, 0) is 19.0 Å². The van der Waals surface area contributed by atoms with Crippen LogP contribution in [0, 0.1) is 0 Å². The molecule has 1 atom stereocenters. The predicted octanol–water partition coefficient (Wildman–Crippen LogP) is 1.73. The van der Waals surface area contributed by atoms with E-state index >= 15 is 0 Å². The molecule has 0 aromatic carbocycles. The fraction of sp³-hybridized carbons (Fsp3) is 0.353. The van der Waals surface area contributed by atoms with Crippen LogP contribution in [0.1, 0.15) is 29.3 Å². The largest absolute Gasteiger partial charge is 0.435 e. The summed E-state index contributed by atoms with van der Waals surface area (Å²) in [6, 6.07) is 1.68. The number of hydrogen-bond donors (Lipinski definition) is 1. The van der Waals surface area contributed by atoms with Crippen molar-refractivity contribution in [1.29, 1.82) is 0 Å². The summed E-state index contributed by atoms with van der Waals surface area (Å²) in [7, 11) is 0. The van der Waals surface area contributed by atoms with Crippen LogP contribution in [0.4, 0.5) is 13.2 Å². The maximum absolute atomic E-state index is 13.3. The van der Waals surface area contributed by atoms with Crippen molar-refractivity contribution in [2.75, 3.05) is 13.1 Å². The minimum atomic E-state index is -4.67. The molecule has 0 aliphatic carbocycles. The van der Waals surface area contributed by atoms with Crippen molar-refractivity contribution in [1.82, 2.24) is 29.8 Å². The second kappa shape index (κ2) is 6.69. The molecular weight excluding hydrogens is 361 g/mol. The van der Waals surface area contributed by atoms with E-state index in [1.54, 1.807) is 6.07 Å². The summed E-state index contributed by atoms with van der Waals surface area (Å²) in [6.07, 6.45) is 1.15. The van der Waals surface area contributed by atoms with Crippen LogP contribution in [0.5, 0.6) is 0 Å². The van der Waals surface area contributed by atoms with Crippen molar-refractivity contribution in [3.05, 3.63) is 58.2 Å². The van der Waals surface area contributed by atoms with E-state index in [1.165, 1.54) is 23.2 Å². The first kappa shape index (κ1) is 17.5. The van der Waals surface area contributed by atoms with Crippen molar-refractivity contribution in [3.63, 3.8) is 0 Å². The van der Waals surface area contributed by atoms with Gasteiger partial charge in [0.25, 0.3) is 5.56 Å². The lowest BCUT2D eigenvalue weighted by Gasteiger charge is -2.16. The van der Waals surface area contributed by atoms with E-state index in [1.807, 2.05) is 0 Å². The molecule has 4 heterocycles. The van der Waals surface area contributed by atoms with E-state index in [2.05, 4.69) is 25.3 Å². The third-order valence-corrected chi connectivity index (χ3v) is 4.60. The molecule has 3 aromatic heterocycles. The van der Waals surface area contributed by atoms with Crippen molar-refractivity contribution in [2.45, 2.75) is 25.1 Å². The van der Waals surface area contributed by atoms with Crippen LogP contribution in [0.3, 0.4) is 0 Å². The highest BCUT2D eigenvalue weighted by Crippen LogP contribution is 2.30. The highest BCUT2D eigenvalue weighted by molar-refractivity contribution is 5.70. The van der Waals surface area contributed by atoms with Gasteiger partial charge in [0.2, 0.25) is 0 Å². The first-order valence-electron chi connectivity index (χ1n) is 8.37. The van der Waals surface area contributed by atoms with Gasteiger partial charge in [-0.2, -0.15) is 13.2 Å². The van der Waals surface area contributed by atoms with Crippen molar-refractivity contribution in [2.24, 2.45) is 0 Å². The number of nitrogens with one attached hydrogen (secondary N) is 1. The maximum Gasteiger partial charge on any atom is 0.435 e. The Morgan fingerprint density at radius 1 is 1.11 bits per heavy atom. The molecular formula is C17H15F3N6O. The van der Waals surface area contributed by atoms with E-state index in [4.69, 9.17) is 0 Å². The fourth-order valence-corrected chi connectivity index (χ4v) is 3.34. The van der Waals surface area contributed by atoms with Gasteiger partial charge in [-0.15, -0.1) is 0 Å². The van der Waals surface area contributed by atoms with Crippen LogP contribution < -0.4 is 10.9 Å². The Bertz CT molecular complexity index is 1040. The number of aromatic nitrogens is 5. The van der Waals surface area contributed by atoms with Crippen molar-refractivity contribution >= 4 is 11.2 Å². The smallest absolute Gasteiger partial charge is 0.316 e. The minimum absolute atomic E-state index is 0.0147. The Kier molecular flexibility index (Phi) is 4.34. The average molecular weight is 376 g/mol. The number of rotatable bonds is 3. The molecule has 27 heavy (non-hydrogen) atoms. The molecule has 0 bridgehead atoms. The zero-order valence-electron chi connectivity index (χ0n) is 14.1. The molecule has 140 valence electrons. The highest BCUT2D eigenvalue weighted by atomic mass is 19.4. The van der Waals surface area contributed by atoms with Gasteiger partial charge in [0.1, 0.15) is 5.52 Å². The molecule has 0 amide bonds. The van der Waals surface area contributed by atoms with E-state index < -0.39 is 11.9 Å². The van der Waals surface area contributed by atoms with E-state index in [9.17, 15) is 18.0 Å². The molecule has 3 aromatic rings. The number of hydrogen-bond acceptors (Lipinski definition) is 6. The Balaban J connectivity index is 1.89. The molecule has 1 aliphatic heterocycles. The topological polar surface area (TPSA) is 85.6 Å². The predicted molar refractivity (Wildman–Crippen MR) is 90.2 cm³/mol. The molecule has 0 radical (unpaired) electrons. The van der Waals surface area contributed by atoms with E-state index in [-0.39, 0.29) is 29.4 Å². The van der Waals surface area contributed by atoms with Gasteiger partial charge in [0.05, 0.1) is 12.2 Å². The fourth-order valence-electron chi connectivity index (χ4n) is 3.34. The number of alkyl halides is 3. The molecule has 1 unspecified atom stereocenters. The lowest BCUT2D eigenvalue weighted by Crippen LogP contribution is -2.29. The maximum atomic E-state index is 13.3. The minimum Gasteiger partial charge on any atom is -0.316 e. The standard InChI is InChI=1S/C17H15F3N6O/c18-17(19,20)14-13(23-3-5-24-14)9-26-15-12(22-4-6-25-15)7-11(16(26)27)10-1-2-21-8-10/h3-7,10,21H,1-2,8-9H2. The number of nitrogens with zero attached hydrogens (tertiary/aromatic N) is 5. The van der Waals surface area contributed by atoms with Gasteiger partial charge < -0.3 is 5.32 Å². The molecule has 1 aliphatic rings. The van der Waals surface area contributed by atoms with Gasteiger partial charge in [-0.3, -0.25) is 19.3 Å². The Labute approximate surface area is 151 Å². The highest BCUT2D eigenvalue weighted by Gasteiger charge is 2.36.